The molecule has 1 amide bonds. The molecule has 0 saturated heterocycles. The third-order valence-corrected chi connectivity index (χ3v) is 3.74. The van der Waals surface area contributed by atoms with E-state index in [0.717, 1.165) is 4.88 Å². The van der Waals surface area contributed by atoms with Crippen LogP contribution in [0.25, 0.3) is 0 Å². The molecule has 0 radical (unpaired) electrons. The summed E-state index contributed by atoms with van der Waals surface area (Å²) in [6.45, 7) is 4.84. The molecule has 1 heterocycles. The molecular weight excluding hydrogens is 270 g/mol. The fourth-order valence-corrected chi connectivity index (χ4v) is 2.62. The lowest BCUT2D eigenvalue weighted by Crippen LogP contribution is -2.30. The van der Waals surface area contributed by atoms with Gasteiger partial charge in [-0.2, -0.15) is 0 Å². The quantitative estimate of drug-likeness (QED) is 0.760. The van der Waals surface area contributed by atoms with Gasteiger partial charge in [-0.3, -0.25) is 4.79 Å². The van der Waals surface area contributed by atoms with E-state index in [4.69, 9.17) is 4.74 Å². The van der Waals surface area contributed by atoms with Crippen LogP contribution in [-0.4, -0.2) is 24.5 Å². The summed E-state index contributed by atoms with van der Waals surface area (Å²) < 4.78 is 5.16. The average Bonchev–Trinajstić information content (AvgIpc) is 2.99. The van der Waals surface area contributed by atoms with Crippen LogP contribution in [0.15, 0.2) is 54.4 Å². The number of methoxy groups -OCH3 is 1. The zero-order valence-corrected chi connectivity index (χ0v) is 12.2. The van der Waals surface area contributed by atoms with Gasteiger partial charge < -0.3 is 9.64 Å². The Bertz CT molecular complexity index is 578. The Labute approximate surface area is 123 Å². The highest BCUT2D eigenvalue weighted by Crippen LogP contribution is 2.17. The van der Waals surface area contributed by atoms with Gasteiger partial charge in [0, 0.05) is 17.0 Å². The van der Waals surface area contributed by atoms with Crippen LogP contribution in [0.4, 0.5) is 0 Å². The SMILES string of the molecule is C=CCN(Cc1cccs1)C(=O)c1cccc(OC)c1. The van der Waals surface area contributed by atoms with Crippen molar-refractivity contribution in [2.24, 2.45) is 0 Å². The molecule has 0 saturated carbocycles. The molecule has 0 aliphatic heterocycles. The first-order valence-corrected chi connectivity index (χ1v) is 7.19. The van der Waals surface area contributed by atoms with Gasteiger partial charge in [-0.25, -0.2) is 0 Å². The van der Waals surface area contributed by atoms with Gasteiger partial charge in [0.15, 0.2) is 0 Å². The maximum atomic E-state index is 12.6. The molecule has 0 N–H and O–H groups in total. The number of carbonyl (C=O) groups is 1. The molecule has 0 aliphatic carbocycles. The first kappa shape index (κ1) is 14.3. The molecule has 104 valence electrons. The van der Waals surface area contributed by atoms with Gasteiger partial charge in [-0.05, 0) is 29.6 Å². The number of rotatable bonds is 6. The third kappa shape index (κ3) is 3.48. The molecule has 0 bridgehead atoms. The maximum absolute atomic E-state index is 12.6. The van der Waals surface area contributed by atoms with Crippen molar-refractivity contribution in [1.82, 2.24) is 4.90 Å². The van der Waals surface area contributed by atoms with E-state index in [0.29, 0.717) is 24.4 Å². The van der Waals surface area contributed by atoms with Gasteiger partial charge in [0.05, 0.1) is 13.7 Å². The predicted molar refractivity (Wildman–Crippen MR) is 82.3 cm³/mol. The van der Waals surface area contributed by atoms with Crippen molar-refractivity contribution in [3.8, 4) is 5.75 Å². The fraction of sp³-hybridized carbons (Fsp3) is 0.188. The van der Waals surface area contributed by atoms with Crippen molar-refractivity contribution >= 4 is 17.2 Å². The van der Waals surface area contributed by atoms with Crippen LogP contribution in [0, 0.1) is 0 Å². The van der Waals surface area contributed by atoms with Gasteiger partial charge in [0.1, 0.15) is 5.75 Å². The predicted octanol–water partition coefficient (Wildman–Crippen LogP) is 3.59. The molecule has 3 nitrogen and oxygen atoms in total. The zero-order chi connectivity index (χ0) is 14.4. The van der Waals surface area contributed by atoms with Crippen LogP contribution < -0.4 is 4.74 Å². The minimum Gasteiger partial charge on any atom is -0.497 e. The molecule has 1 aromatic carbocycles. The monoisotopic (exact) mass is 287 g/mol. The first-order chi connectivity index (χ1) is 9.74. The number of amides is 1. The standard InChI is InChI=1S/C16H17NO2S/c1-3-9-17(12-15-8-5-10-20-15)16(18)13-6-4-7-14(11-13)19-2/h3-8,10-11H,1,9,12H2,2H3. The second-order valence-electron chi connectivity index (χ2n) is 4.29. The molecule has 2 rings (SSSR count). The van der Waals surface area contributed by atoms with Gasteiger partial charge in [0.2, 0.25) is 0 Å². The smallest absolute Gasteiger partial charge is 0.254 e. The normalized spacial score (nSPS) is 10.1. The van der Waals surface area contributed by atoms with Crippen molar-refractivity contribution in [2.75, 3.05) is 13.7 Å². The lowest BCUT2D eigenvalue weighted by Gasteiger charge is -2.20. The summed E-state index contributed by atoms with van der Waals surface area (Å²) in [7, 11) is 1.59. The largest absolute Gasteiger partial charge is 0.497 e. The Hall–Kier alpha value is -2.07. The van der Waals surface area contributed by atoms with Crippen LogP contribution in [-0.2, 0) is 6.54 Å². The van der Waals surface area contributed by atoms with Crippen LogP contribution in [0.2, 0.25) is 0 Å². The van der Waals surface area contributed by atoms with Crippen molar-refractivity contribution in [2.45, 2.75) is 6.54 Å². The van der Waals surface area contributed by atoms with E-state index in [1.807, 2.05) is 29.6 Å². The van der Waals surface area contributed by atoms with E-state index in [2.05, 4.69) is 6.58 Å². The Morgan fingerprint density at radius 1 is 1.40 bits per heavy atom. The molecule has 0 spiro atoms. The number of hydrogen-bond acceptors (Lipinski definition) is 3. The number of thiophene rings is 1. The highest BCUT2D eigenvalue weighted by molar-refractivity contribution is 7.09. The number of carbonyl (C=O) groups excluding carboxylic acids is 1. The topological polar surface area (TPSA) is 29.5 Å². The zero-order valence-electron chi connectivity index (χ0n) is 11.4. The lowest BCUT2D eigenvalue weighted by molar-refractivity contribution is 0.0764. The molecule has 1 aromatic heterocycles. The van der Waals surface area contributed by atoms with E-state index in [1.54, 1.807) is 41.6 Å². The Balaban J connectivity index is 2.19. The van der Waals surface area contributed by atoms with Crippen LogP contribution in [0.5, 0.6) is 5.75 Å². The minimum absolute atomic E-state index is 0.0165. The second kappa shape index (κ2) is 6.91. The Morgan fingerprint density at radius 3 is 2.90 bits per heavy atom. The fourth-order valence-electron chi connectivity index (χ4n) is 1.90. The molecular formula is C16H17NO2S. The van der Waals surface area contributed by atoms with Gasteiger partial charge in [-0.1, -0.05) is 18.2 Å². The molecule has 0 aliphatic rings. The number of benzene rings is 1. The van der Waals surface area contributed by atoms with Gasteiger partial charge in [0.25, 0.3) is 5.91 Å². The second-order valence-corrected chi connectivity index (χ2v) is 5.32. The summed E-state index contributed by atoms with van der Waals surface area (Å²) in [5.74, 6) is 0.669. The molecule has 0 atom stereocenters. The first-order valence-electron chi connectivity index (χ1n) is 6.31. The summed E-state index contributed by atoms with van der Waals surface area (Å²) in [5, 5.41) is 2.01. The van der Waals surface area contributed by atoms with E-state index in [-0.39, 0.29) is 5.91 Å². The summed E-state index contributed by atoms with van der Waals surface area (Å²) >= 11 is 1.64. The van der Waals surface area contributed by atoms with Crippen LogP contribution in [0.3, 0.4) is 0 Å². The third-order valence-electron chi connectivity index (χ3n) is 2.88. The summed E-state index contributed by atoms with van der Waals surface area (Å²) in [6.07, 6.45) is 1.74. The van der Waals surface area contributed by atoms with Gasteiger partial charge >= 0.3 is 0 Å². The molecule has 2 aromatic rings. The highest BCUT2D eigenvalue weighted by atomic mass is 32.1. The minimum atomic E-state index is -0.0165. The molecule has 20 heavy (non-hydrogen) atoms. The summed E-state index contributed by atoms with van der Waals surface area (Å²) in [6, 6.07) is 11.2. The van der Waals surface area contributed by atoms with Crippen molar-refractivity contribution in [3.63, 3.8) is 0 Å². The average molecular weight is 287 g/mol. The number of nitrogens with zero attached hydrogens (tertiary/aromatic N) is 1. The Morgan fingerprint density at radius 2 is 2.25 bits per heavy atom. The van der Waals surface area contributed by atoms with E-state index in [1.165, 1.54) is 0 Å². The molecule has 4 heteroatoms. The van der Waals surface area contributed by atoms with E-state index < -0.39 is 0 Å². The van der Waals surface area contributed by atoms with E-state index >= 15 is 0 Å². The van der Waals surface area contributed by atoms with Crippen LogP contribution in [0.1, 0.15) is 15.2 Å². The number of hydrogen-bond donors (Lipinski definition) is 0. The molecule has 0 unspecified atom stereocenters. The van der Waals surface area contributed by atoms with Gasteiger partial charge in [-0.15, -0.1) is 17.9 Å². The lowest BCUT2D eigenvalue weighted by atomic mass is 10.2. The summed E-state index contributed by atoms with van der Waals surface area (Å²) in [5.41, 5.74) is 0.628. The van der Waals surface area contributed by atoms with Crippen molar-refractivity contribution in [3.05, 3.63) is 64.9 Å². The molecule has 0 fully saturated rings. The van der Waals surface area contributed by atoms with Crippen LogP contribution >= 0.6 is 11.3 Å². The number of ether oxygens (including phenoxy) is 1. The highest BCUT2D eigenvalue weighted by Gasteiger charge is 2.15. The van der Waals surface area contributed by atoms with E-state index in [9.17, 15) is 4.79 Å². The van der Waals surface area contributed by atoms with Crippen molar-refractivity contribution in [1.29, 1.82) is 0 Å². The maximum Gasteiger partial charge on any atom is 0.254 e. The van der Waals surface area contributed by atoms with Crippen molar-refractivity contribution < 1.29 is 9.53 Å². The Kier molecular flexibility index (Phi) is 4.96. The summed E-state index contributed by atoms with van der Waals surface area (Å²) in [4.78, 5) is 15.5.